The highest BCUT2D eigenvalue weighted by molar-refractivity contribution is 5.92. The van der Waals surface area contributed by atoms with E-state index in [1.807, 2.05) is 0 Å². The molecule has 0 aromatic rings. The first-order valence-electron chi connectivity index (χ1n) is 6.19. The van der Waals surface area contributed by atoms with Crippen LogP contribution in [0.2, 0.25) is 0 Å². The van der Waals surface area contributed by atoms with Crippen LogP contribution in [0.4, 0.5) is 4.79 Å². The monoisotopic (exact) mass is 254 g/mol. The third kappa shape index (κ3) is 4.39. The van der Waals surface area contributed by atoms with Crippen molar-refractivity contribution in [3.8, 4) is 0 Å². The molecular weight excluding hydrogens is 232 g/mol. The minimum absolute atomic E-state index is 0.143. The molecule has 0 heterocycles. The average molecular weight is 254 g/mol. The second-order valence-electron chi connectivity index (χ2n) is 5.54. The van der Waals surface area contributed by atoms with E-state index in [1.54, 1.807) is 26.8 Å². The Hall–Kier alpha value is -1.52. The summed E-state index contributed by atoms with van der Waals surface area (Å²) in [4.78, 5) is 23.5. The van der Waals surface area contributed by atoms with Crippen LogP contribution in [0.1, 0.15) is 40.0 Å². The quantitative estimate of drug-likeness (QED) is 0.580. The van der Waals surface area contributed by atoms with E-state index in [0.29, 0.717) is 25.8 Å². The Morgan fingerprint density at radius 1 is 1.39 bits per heavy atom. The van der Waals surface area contributed by atoms with Gasteiger partial charge in [0.2, 0.25) is 5.91 Å². The average Bonchev–Trinajstić information content (AvgIpc) is 2.96. The van der Waals surface area contributed by atoms with Crippen molar-refractivity contribution >= 4 is 12.0 Å². The van der Waals surface area contributed by atoms with Gasteiger partial charge in [-0.3, -0.25) is 4.79 Å². The molecule has 0 saturated heterocycles. The molecule has 2 N–H and O–H groups in total. The van der Waals surface area contributed by atoms with Crippen LogP contribution in [0.15, 0.2) is 12.7 Å². The highest BCUT2D eigenvalue weighted by Gasteiger charge is 2.51. The van der Waals surface area contributed by atoms with Gasteiger partial charge in [0, 0.05) is 6.54 Å². The number of ether oxygens (including phenoxy) is 1. The van der Waals surface area contributed by atoms with Gasteiger partial charge in [-0.15, -0.1) is 6.58 Å². The van der Waals surface area contributed by atoms with Gasteiger partial charge in [-0.2, -0.15) is 0 Å². The Morgan fingerprint density at radius 2 is 2.00 bits per heavy atom. The number of hydrogen-bond donors (Lipinski definition) is 2. The van der Waals surface area contributed by atoms with Gasteiger partial charge in [-0.25, -0.2) is 4.79 Å². The first-order chi connectivity index (χ1) is 8.29. The predicted molar refractivity (Wildman–Crippen MR) is 69.2 cm³/mol. The molecule has 0 radical (unpaired) electrons. The highest BCUT2D eigenvalue weighted by Crippen LogP contribution is 2.35. The third-order valence-corrected chi connectivity index (χ3v) is 2.56. The Morgan fingerprint density at radius 3 is 2.44 bits per heavy atom. The number of carbonyl (C=O) groups excluding carboxylic acids is 2. The second kappa shape index (κ2) is 5.42. The van der Waals surface area contributed by atoms with E-state index in [0.717, 1.165) is 0 Å². The summed E-state index contributed by atoms with van der Waals surface area (Å²) in [7, 11) is 0. The van der Waals surface area contributed by atoms with Gasteiger partial charge >= 0.3 is 6.09 Å². The minimum Gasteiger partial charge on any atom is -0.444 e. The maximum Gasteiger partial charge on any atom is 0.408 e. The fourth-order valence-corrected chi connectivity index (χ4v) is 1.49. The van der Waals surface area contributed by atoms with Crippen molar-refractivity contribution in [2.75, 3.05) is 6.54 Å². The third-order valence-electron chi connectivity index (χ3n) is 2.56. The SMILES string of the molecule is C=CCCNC(=O)C1(NC(=O)OC(C)(C)C)CC1. The zero-order chi connectivity index (χ0) is 13.8. The fourth-order valence-electron chi connectivity index (χ4n) is 1.49. The Bertz CT molecular complexity index is 341. The zero-order valence-corrected chi connectivity index (χ0v) is 11.3. The molecule has 5 heteroatoms. The Labute approximate surface area is 108 Å². The fraction of sp³-hybridized carbons (Fsp3) is 0.692. The van der Waals surface area contributed by atoms with Gasteiger partial charge < -0.3 is 15.4 Å². The zero-order valence-electron chi connectivity index (χ0n) is 11.3. The van der Waals surface area contributed by atoms with Crippen molar-refractivity contribution in [3.63, 3.8) is 0 Å². The minimum atomic E-state index is -0.760. The summed E-state index contributed by atoms with van der Waals surface area (Å²) >= 11 is 0. The molecular formula is C13H22N2O3. The van der Waals surface area contributed by atoms with Gasteiger partial charge in [0.05, 0.1) is 0 Å². The van der Waals surface area contributed by atoms with Crippen molar-refractivity contribution in [2.24, 2.45) is 0 Å². The lowest BCUT2D eigenvalue weighted by Gasteiger charge is -2.23. The highest BCUT2D eigenvalue weighted by atomic mass is 16.6. The second-order valence-corrected chi connectivity index (χ2v) is 5.54. The standard InChI is InChI=1S/C13H22N2O3/c1-5-6-9-14-10(16)13(7-8-13)15-11(17)18-12(2,3)4/h5H,1,6-9H2,2-4H3,(H,14,16)(H,15,17). The molecule has 0 aromatic heterocycles. The van der Waals surface area contributed by atoms with Crippen LogP contribution in [0.5, 0.6) is 0 Å². The lowest BCUT2D eigenvalue weighted by molar-refractivity contribution is -0.124. The molecule has 0 bridgehead atoms. The number of nitrogens with one attached hydrogen (secondary N) is 2. The van der Waals surface area contributed by atoms with E-state index < -0.39 is 17.2 Å². The Kier molecular flexibility index (Phi) is 4.38. The largest absolute Gasteiger partial charge is 0.444 e. The summed E-state index contributed by atoms with van der Waals surface area (Å²) in [5, 5.41) is 5.43. The molecule has 18 heavy (non-hydrogen) atoms. The van der Waals surface area contributed by atoms with Crippen LogP contribution < -0.4 is 10.6 Å². The van der Waals surface area contributed by atoms with Gasteiger partial charge in [0.1, 0.15) is 11.1 Å². The molecule has 1 aliphatic rings. The summed E-state index contributed by atoms with van der Waals surface area (Å²) in [5.41, 5.74) is -1.32. The van der Waals surface area contributed by atoms with Crippen molar-refractivity contribution in [1.29, 1.82) is 0 Å². The molecule has 1 aliphatic carbocycles. The summed E-state index contributed by atoms with van der Waals surface area (Å²) < 4.78 is 5.14. The van der Waals surface area contributed by atoms with Gasteiger partial charge in [-0.05, 0) is 40.0 Å². The molecule has 0 atom stereocenters. The van der Waals surface area contributed by atoms with Crippen LogP contribution in [-0.2, 0) is 9.53 Å². The van der Waals surface area contributed by atoms with Crippen LogP contribution in [0.3, 0.4) is 0 Å². The lowest BCUT2D eigenvalue weighted by atomic mass is 10.2. The van der Waals surface area contributed by atoms with E-state index in [9.17, 15) is 9.59 Å². The number of hydrogen-bond acceptors (Lipinski definition) is 3. The maximum atomic E-state index is 11.9. The van der Waals surface area contributed by atoms with E-state index in [-0.39, 0.29) is 5.91 Å². The van der Waals surface area contributed by atoms with E-state index in [2.05, 4.69) is 17.2 Å². The summed E-state index contributed by atoms with van der Waals surface area (Å²) in [6.45, 7) is 9.49. The van der Waals surface area contributed by atoms with Crippen LogP contribution in [0, 0.1) is 0 Å². The number of rotatable bonds is 5. The molecule has 0 spiro atoms. The van der Waals surface area contributed by atoms with E-state index in [1.165, 1.54) is 0 Å². The van der Waals surface area contributed by atoms with E-state index in [4.69, 9.17) is 4.74 Å². The van der Waals surface area contributed by atoms with Crippen LogP contribution in [-0.4, -0.2) is 29.7 Å². The predicted octanol–water partition coefficient (Wildman–Crippen LogP) is 1.74. The summed E-state index contributed by atoms with van der Waals surface area (Å²) in [6, 6.07) is 0. The molecule has 0 aliphatic heterocycles. The smallest absolute Gasteiger partial charge is 0.408 e. The van der Waals surface area contributed by atoms with Crippen molar-refractivity contribution in [3.05, 3.63) is 12.7 Å². The normalized spacial score (nSPS) is 16.6. The number of alkyl carbamates (subject to hydrolysis) is 1. The Balaban J connectivity index is 2.42. The van der Waals surface area contributed by atoms with Gasteiger partial charge in [-0.1, -0.05) is 6.08 Å². The lowest BCUT2D eigenvalue weighted by Crippen LogP contribution is -2.50. The van der Waals surface area contributed by atoms with E-state index >= 15 is 0 Å². The summed E-state index contributed by atoms with van der Waals surface area (Å²) in [5.74, 6) is -0.143. The maximum absolute atomic E-state index is 11.9. The molecule has 5 nitrogen and oxygen atoms in total. The first-order valence-corrected chi connectivity index (χ1v) is 6.19. The molecule has 102 valence electrons. The number of carbonyl (C=O) groups is 2. The molecule has 1 fully saturated rings. The molecule has 0 aromatic carbocycles. The van der Waals surface area contributed by atoms with Crippen molar-refractivity contribution in [2.45, 2.75) is 51.2 Å². The van der Waals surface area contributed by atoms with Gasteiger partial charge in [0.15, 0.2) is 0 Å². The molecule has 0 unspecified atom stereocenters. The molecule has 1 rings (SSSR count). The van der Waals surface area contributed by atoms with Crippen molar-refractivity contribution < 1.29 is 14.3 Å². The van der Waals surface area contributed by atoms with Crippen LogP contribution >= 0.6 is 0 Å². The van der Waals surface area contributed by atoms with Crippen molar-refractivity contribution in [1.82, 2.24) is 10.6 Å². The molecule has 2 amide bonds. The number of amides is 2. The molecule has 1 saturated carbocycles. The van der Waals surface area contributed by atoms with Gasteiger partial charge in [0.25, 0.3) is 0 Å². The first kappa shape index (κ1) is 14.5. The van der Waals surface area contributed by atoms with Crippen LogP contribution in [0.25, 0.3) is 0 Å². The summed E-state index contributed by atoms with van der Waals surface area (Å²) in [6.07, 6.45) is 3.23. The topological polar surface area (TPSA) is 67.4 Å².